The van der Waals surface area contributed by atoms with Gasteiger partial charge < -0.3 is 10.6 Å². The Balaban J connectivity index is 0.00000280. The summed E-state index contributed by atoms with van der Waals surface area (Å²) >= 11 is 0. The van der Waals surface area contributed by atoms with E-state index >= 15 is 0 Å². The molecule has 0 atom stereocenters. The second-order valence-corrected chi connectivity index (χ2v) is 6.08. The molecular weight excluding hydrogens is 470 g/mol. The molecular formula is C20H24FIN6. The van der Waals surface area contributed by atoms with Crippen LogP contribution in [-0.2, 0) is 13.1 Å². The summed E-state index contributed by atoms with van der Waals surface area (Å²) in [6.07, 6.45) is 1.69. The molecule has 1 aromatic heterocycles. The molecule has 0 fully saturated rings. The molecule has 3 aromatic rings. The molecule has 2 N–H and O–H groups in total. The Hall–Kier alpha value is -2.49. The zero-order valence-electron chi connectivity index (χ0n) is 15.9. The van der Waals surface area contributed by atoms with Gasteiger partial charge in [-0.25, -0.2) is 9.38 Å². The Morgan fingerprint density at radius 2 is 1.93 bits per heavy atom. The number of hydrogen-bond acceptors (Lipinski definition) is 3. The van der Waals surface area contributed by atoms with Crippen molar-refractivity contribution in [3.63, 3.8) is 0 Å². The van der Waals surface area contributed by atoms with Crippen LogP contribution in [0.4, 0.5) is 4.39 Å². The highest BCUT2D eigenvalue weighted by Gasteiger charge is 2.07. The normalized spacial score (nSPS) is 11.0. The maximum absolute atomic E-state index is 13.4. The molecule has 0 saturated carbocycles. The molecule has 0 amide bonds. The predicted molar refractivity (Wildman–Crippen MR) is 120 cm³/mol. The Morgan fingerprint density at radius 1 is 1.14 bits per heavy atom. The number of aliphatic imine (C=N–C) groups is 1. The van der Waals surface area contributed by atoms with Gasteiger partial charge in [-0.05, 0) is 43.2 Å². The summed E-state index contributed by atoms with van der Waals surface area (Å²) in [6, 6.07) is 15.0. The highest BCUT2D eigenvalue weighted by molar-refractivity contribution is 14.0. The summed E-state index contributed by atoms with van der Waals surface area (Å²) in [5.41, 5.74) is 2.58. The van der Waals surface area contributed by atoms with Crippen LogP contribution >= 0.6 is 24.0 Å². The quantitative estimate of drug-likeness (QED) is 0.313. The number of benzene rings is 2. The first-order valence-electron chi connectivity index (χ1n) is 8.89. The van der Waals surface area contributed by atoms with Gasteiger partial charge in [0.2, 0.25) is 0 Å². The molecule has 0 saturated heterocycles. The molecule has 28 heavy (non-hydrogen) atoms. The van der Waals surface area contributed by atoms with Gasteiger partial charge in [0.15, 0.2) is 11.8 Å². The summed E-state index contributed by atoms with van der Waals surface area (Å²) in [6.45, 7) is 5.43. The molecule has 0 bridgehead atoms. The van der Waals surface area contributed by atoms with Crippen LogP contribution < -0.4 is 10.6 Å². The highest BCUT2D eigenvalue weighted by Crippen LogP contribution is 2.10. The van der Waals surface area contributed by atoms with Crippen molar-refractivity contribution >= 4 is 29.9 Å². The minimum absolute atomic E-state index is 0. The van der Waals surface area contributed by atoms with Crippen molar-refractivity contribution in [1.82, 2.24) is 25.4 Å². The van der Waals surface area contributed by atoms with Crippen LogP contribution in [0, 0.1) is 12.7 Å². The lowest BCUT2D eigenvalue weighted by atomic mass is 10.1. The van der Waals surface area contributed by atoms with E-state index < -0.39 is 0 Å². The molecule has 8 heteroatoms. The molecule has 0 spiro atoms. The number of aromatic nitrogens is 3. The molecule has 0 aliphatic carbocycles. The first-order valence-corrected chi connectivity index (χ1v) is 8.89. The Labute approximate surface area is 181 Å². The van der Waals surface area contributed by atoms with Gasteiger partial charge in [0.05, 0.1) is 13.1 Å². The van der Waals surface area contributed by atoms with Gasteiger partial charge in [-0.1, -0.05) is 30.3 Å². The second-order valence-electron chi connectivity index (χ2n) is 6.08. The molecule has 1 heterocycles. The monoisotopic (exact) mass is 494 g/mol. The van der Waals surface area contributed by atoms with Crippen molar-refractivity contribution in [2.75, 3.05) is 6.54 Å². The molecule has 2 aromatic carbocycles. The van der Waals surface area contributed by atoms with E-state index in [0.717, 1.165) is 23.6 Å². The molecule has 0 unspecified atom stereocenters. The second kappa shape index (κ2) is 10.7. The third kappa shape index (κ3) is 5.75. The minimum Gasteiger partial charge on any atom is -0.357 e. The van der Waals surface area contributed by atoms with Gasteiger partial charge in [0.1, 0.15) is 12.1 Å². The summed E-state index contributed by atoms with van der Waals surface area (Å²) in [4.78, 5) is 4.57. The number of nitrogens with zero attached hydrogens (tertiary/aromatic N) is 4. The van der Waals surface area contributed by atoms with Gasteiger partial charge in [-0.2, -0.15) is 0 Å². The lowest BCUT2D eigenvalue weighted by Crippen LogP contribution is -2.37. The van der Waals surface area contributed by atoms with Crippen LogP contribution in [-0.4, -0.2) is 27.3 Å². The molecule has 3 rings (SSSR count). The van der Waals surface area contributed by atoms with Crippen LogP contribution in [0.25, 0.3) is 5.69 Å². The van der Waals surface area contributed by atoms with E-state index in [1.165, 1.54) is 6.07 Å². The molecule has 0 aliphatic rings. The van der Waals surface area contributed by atoms with Gasteiger partial charge >= 0.3 is 0 Å². The number of nitrogens with one attached hydrogen (secondary N) is 2. The first-order chi connectivity index (χ1) is 13.2. The fourth-order valence-electron chi connectivity index (χ4n) is 2.66. The van der Waals surface area contributed by atoms with E-state index in [0.29, 0.717) is 24.6 Å². The van der Waals surface area contributed by atoms with Gasteiger partial charge in [-0.3, -0.25) is 4.57 Å². The Bertz CT molecular complexity index is 910. The summed E-state index contributed by atoms with van der Waals surface area (Å²) in [7, 11) is 0. The van der Waals surface area contributed by atoms with E-state index in [1.807, 2.05) is 47.9 Å². The molecule has 0 radical (unpaired) electrons. The average Bonchev–Trinajstić information content (AvgIpc) is 3.16. The first kappa shape index (κ1) is 21.8. The topological polar surface area (TPSA) is 67.1 Å². The van der Waals surface area contributed by atoms with Crippen LogP contribution in [0.2, 0.25) is 0 Å². The number of halogens is 2. The van der Waals surface area contributed by atoms with Crippen LogP contribution in [0.3, 0.4) is 0 Å². The highest BCUT2D eigenvalue weighted by atomic mass is 127. The van der Waals surface area contributed by atoms with Gasteiger partial charge in [0, 0.05) is 12.2 Å². The SMILES string of the molecule is CCNC(=NCc1ccc(F)c(C)c1)NCc1nncn1-c1ccccc1.I. The van der Waals surface area contributed by atoms with Crippen molar-refractivity contribution in [2.45, 2.75) is 26.9 Å². The third-order valence-corrected chi connectivity index (χ3v) is 4.05. The van der Waals surface area contributed by atoms with Crippen LogP contribution in [0.5, 0.6) is 0 Å². The Morgan fingerprint density at radius 3 is 2.64 bits per heavy atom. The van der Waals surface area contributed by atoms with Gasteiger partial charge in [0.25, 0.3) is 0 Å². The maximum Gasteiger partial charge on any atom is 0.191 e. The summed E-state index contributed by atoms with van der Waals surface area (Å²) in [5.74, 6) is 1.25. The van der Waals surface area contributed by atoms with Crippen LogP contribution in [0.1, 0.15) is 23.9 Å². The smallest absolute Gasteiger partial charge is 0.191 e. The fraction of sp³-hybridized carbons (Fsp3) is 0.250. The standard InChI is InChI=1S/C20H23FN6.HI/c1-3-22-20(23-12-16-9-10-18(21)15(2)11-16)24-13-19-26-25-14-27(19)17-7-5-4-6-8-17;/h4-11,14H,3,12-13H2,1-2H3,(H2,22,23,24);1H. The molecule has 6 nitrogen and oxygen atoms in total. The third-order valence-electron chi connectivity index (χ3n) is 4.05. The number of para-hydroxylation sites is 1. The summed E-state index contributed by atoms with van der Waals surface area (Å²) in [5, 5.41) is 14.7. The van der Waals surface area contributed by atoms with E-state index in [4.69, 9.17) is 0 Å². The van der Waals surface area contributed by atoms with E-state index in [2.05, 4.69) is 25.8 Å². The fourth-order valence-corrected chi connectivity index (χ4v) is 2.66. The lowest BCUT2D eigenvalue weighted by molar-refractivity contribution is 0.617. The predicted octanol–water partition coefficient (Wildman–Crippen LogP) is 3.59. The number of guanidine groups is 1. The molecule has 148 valence electrons. The van der Waals surface area contributed by atoms with Crippen molar-refractivity contribution in [2.24, 2.45) is 4.99 Å². The number of hydrogen-bond donors (Lipinski definition) is 2. The van der Waals surface area contributed by atoms with Crippen LogP contribution in [0.15, 0.2) is 59.9 Å². The average molecular weight is 494 g/mol. The number of aryl methyl sites for hydroxylation is 1. The van der Waals surface area contributed by atoms with E-state index in [-0.39, 0.29) is 29.8 Å². The zero-order valence-corrected chi connectivity index (χ0v) is 18.2. The van der Waals surface area contributed by atoms with Crippen molar-refractivity contribution in [3.05, 3.63) is 77.6 Å². The Kier molecular flexibility index (Phi) is 8.37. The van der Waals surface area contributed by atoms with Crippen molar-refractivity contribution < 1.29 is 4.39 Å². The summed E-state index contributed by atoms with van der Waals surface area (Å²) < 4.78 is 15.3. The van der Waals surface area contributed by atoms with Crippen molar-refractivity contribution in [3.8, 4) is 5.69 Å². The van der Waals surface area contributed by atoms with Gasteiger partial charge in [-0.15, -0.1) is 34.2 Å². The van der Waals surface area contributed by atoms with E-state index in [1.54, 1.807) is 19.3 Å². The van der Waals surface area contributed by atoms with Crippen molar-refractivity contribution in [1.29, 1.82) is 0 Å². The largest absolute Gasteiger partial charge is 0.357 e. The van der Waals surface area contributed by atoms with E-state index in [9.17, 15) is 4.39 Å². The number of rotatable bonds is 6. The zero-order chi connectivity index (χ0) is 19.1. The maximum atomic E-state index is 13.4. The molecule has 0 aliphatic heterocycles. The lowest BCUT2D eigenvalue weighted by Gasteiger charge is -2.12. The minimum atomic E-state index is -0.201.